The van der Waals surface area contributed by atoms with Gasteiger partial charge in [0.25, 0.3) is 0 Å². The van der Waals surface area contributed by atoms with Gasteiger partial charge in [-0.3, -0.25) is 4.90 Å². The van der Waals surface area contributed by atoms with E-state index in [0.29, 0.717) is 6.04 Å². The predicted molar refractivity (Wildman–Crippen MR) is 49.4 cm³/mol. The van der Waals surface area contributed by atoms with Crippen molar-refractivity contribution in [3.63, 3.8) is 0 Å². The van der Waals surface area contributed by atoms with E-state index < -0.39 is 0 Å². The van der Waals surface area contributed by atoms with E-state index in [2.05, 4.69) is 18.7 Å². The van der Waals surface area contributed by atoms with Gasteiger partial charge in [0.2, 0.25) is 0 Å². The zero-order valence-electron chi connectivity index (χ0n) is 7.71. The molecule has 0 spiro atoms. The van der Waals surface area contributed by atoms with Crippen LogP contribution in [0.4, 0.5) is 0 Å². The molecule has 0 saturated carbocycles. The lowest BCUT2D eigenvalue weighted by molar-refractivity contribution is 0.215. The minimum Gasteiger partial charge on any atom is -0.329 e. The van der Waals surface area contributed by atoms with Crippen LogP contribution in [0.5, 0.6) is 0 Å². The van der Waals surface area contributed by atoms with Gasteiger partial charge in [-0.1, -0.05) is 6.92 Å². The molecule has 0 amide bonds. The number of nitrogens with zero attached hydrogens (tertiary/aromatic N) is 1. The Morgan fingerprint density at radius 1 is 1.18 bits per heavy atom. The third kappa shape index (κ3) is 4.35. The number of rotatable bonds is 6. The molecule has 3 heteroatoms. The molecular formula is C8H21N3. The monoisotopic (exact) mass is 159 g/mol. The lowest BCUT2D eigenvalue weighted by Gasteiger charge is -2.26. The summed E-state index contributed by atoms with van der Waals surface area (Å²) in [7, 11) is 0. The fraction of sp³-hybridized carbons (Fsp3) is 1.00. The Balaban J connectivity index is 3.66. The Bertz CT molecular complexity index is 79.4. The molecule has 0 bridgehead atoms. The summed E-state index contributed by atoms with van der Waals surface area (Å²) in [5, 5.41) is 0. The first kappa shape index (κ1) is 10.9. The van der Waals surface area contributed by atoms with Crippen LogP contribution in [0, 0.1) is 0 Å². The Kier molecular flexibility index (Phi) is 6.51. The Labute approximate surface area is 69.7 Å². The molecule has 1 atom stereocenters. The van der Waals surface area contributed by atoms with Crippen LogP contribution in [0.3, 0.4) is 0 Å². The van der Waals surface area contributed by atoms with E-state index in [1.165, 1.54) is 6.42 Å². The van der Waals surface area contributed by atoms with Crippen LogP contribution in [0.2, 0.25) is 0 Å². The van der Waals surface area contributed by atoms with Gasteiger partial charge in [0, 0.05) is 32.2 Å². The van der Waals surface area contributed by atoms with Gasteiger partial charge in [-0.25, -0.2) is 0 Å². The van der Waals surface area contributed by atoms with Gasteiger partial charge in [0.05, 0.1) is 0 Å². The molecule has 0 aromatic rings. The highest BCUT2D eigenvalue weighted by atomic mass is 15.2. The molecule has 3 nitrogen and oxygen atoms in total. The second-order valence-electron chi connectivity index (χ2n) is 2.87. The summed E-state index contributed by atoms with van der Waals surface area (Å²) in [5.41, 5.74) is 10.9. The van der Waals surface area contributed by atoms with Gasteiger partial charge in [-0.2, -0.15) is 0 Å². The summed E-state index contributed by atoms with van der Waals surface area (Å²) < 4.78 is 0. The lowest BCUT2D eigenvalue weighted by atomic mass is 10.2. The minimum absolute atomic E-state index is 0.613. The fourth-order valence-electron chi connectivity index (χ4n) is 1.14. The van der Waals surface area contributed by atoms with Crippen molar-refractivity contribution >= 4 is 0 Å². The summed E-state index contributed by atoms with van der Waals surface area (Å²) in [6, 6.07) is 0.613. The molecule has 0 aliphatic carbocycles. The standard InChI is InChI=1S/C8H21N3/c1-3-8(2)11(6-4-9)7-5-10/h8H,3-7,9-10H2,1-2H3. The first-order valence-electron chi connectivity index (χ1n) is 4.40. The van der Waals surface area contributed by atoms with Gasteiger partial charge in [-0.15, -0.1) is 0 Å². The first-order valence-corrected chi connectivity index (χ1v) is 4.40. The van der Waals surface area contributed by atoms with Gasteiger partial charge in [-0.05, 0) is 13.3 Å². The average molecular weight is 159 g/mol. The second kappa shape index (κ2) is 6.58. The van der Waals surface area contributed by atoms with Crippen molar-refractivity contribution < 1.29 is 0 Å². The largest absolute Gasteiger partial charge is 0.329 e. The molecule has 0 radical (unpaired) electrons. The van der Waals surface area contributed by atoms with E-state index in [0.717, 1.165) is 26.2 Å². The van der Waals surface area contributed by atoms with Gasteiger partial charge >= 0.3 is 0 Å². The predicted octanol–water partition coefficient (Wildman–Crippen LogP) is 0.00430. The second-order valence-corrected chi connectivity index (χ2v) is 2.87. The van der Waals surface area contributed by atoms with Crippen LogP contribution in [0.1, 0.15) is 20.3 Å². The summed E-state index contributed by atoms with van der Waals surface area (Å²) in [5.74, 6) is 0. The molecule has 0 aliphatic heterocycles. The highest BCUT2D eigenvalue weighted by molar-refractivity contribution is 4.65. The van der Waals surface area contributed by atoms with Crippen LogP contribution < -0.4 is 11.5 Å². The molecule has 1 unspecified atom stereocenters. The van der Waals surface area contributed by atoms with E-state index >= 15 is 0 Å². The summed E-state index contributed by atoms with van der Waals surface area (Å²) in [6.45, 7) is 7.78. The smallest absolute Gasteiger partial charge is 0.0108 e. The molecule has 0 aromatic heterocycles. The van der Waals surface area contributed by atoms with E-state index in [9.17, 15) is 0 Å². The van der Waals surface area contributed by atoms with Gasteiger partial charge in [0.15, 0.2) is 0 Å². The molecule has 0 rings (SSSR count). The SMILES string of the molecule is CCC(C)N(CCN)CCN. The van der Waals surface area contributed by atoms with Crippen LogP contribution in [-0.4, -0.2) is 37.1 Å². The zero-order chi connectivity index (χ0) is 8.69. The maximum atomic E-state index is 5.47. The molecule has 0 aromatic carbocycles. The van der Waals surface area contributed by atoms with Crippen molar-refractivity contribution in [2.75, 3.05) is 26.2 Å². The highest BCUT2D eigenvalue weighted by Gasteiger charge is 2.08. The molecule has 11 heavy (non-hydrogen) atoms. The number of hydrogen-bond donors (Lipinski definition) is 2. The maximum Gasteiger partial charge on any atom is 0.0108 e. The van der Waals surface area contributed by atoms with E-state index in [1.807, 2.05) is 0 Å². The third-order valence-corrected chi connectivity index (χ3v) is 2.05. The van der Waals surface area contributed by atoms with Gasteiger partial charge < -0.3 is 11.5 Å². The van der Waals surface area contributed by atoms with Crippen molar-refractivity contribution in [3.05, 3.63) is 0 Å². The Hall–Kier alpha value is -0.120. The molecule has 68 valence electrons. The van der Waals surface area contributed by atoms with Crippen LogP contribution in [0.15, 0.2) is 0 Å². The van der Waals surface area contributed by atoms with E-state index in [-0.39, 0.29) is 0 Å². The van der Waals surface area contributed by atoms with Crippen LogP contribution in [-0.2, 0) is 0 Å². The Morgan fingerprint density at radius 3 is 1.91 bits per heavy atom. The topological polar surface area (TPSA) is 55.3 Å². The van der Waals surface area contributed by atoms with Crippen molar-refractivity contribution in [2.24, 2.45) is 11.5 Å². The van der Waals surface area contributed by atoms with Crippen LogP contribution in [0.25, 0.3) is 0 Å². The van der Waals surface area contributed by atoms with Gasteiger partial charge in [0.1, 0.15) is 0 Å². The van der Waals surface area contributed by atoms with Crippen molar-refractivity contribution in [2.45, 2.75) is 26.3 Å². The molecule has 0 heterocycles. The minimum atomic E-state index is 0.613. The molecule has 4 N–H and O–H groups in total. The quantitative estimate of drug-likeness (QED) is 0.574. The third-order valence-electron chi connectivity index (χ3n) is 2.05. The summed E-state index contributed by atoms with van der Waals surface area (Å²) >= 11 is 0. The fourth-order valence-corrected chi connectivity index (χ4v) is 1.14. The summed E-state index contributed by atoms with van der Waals surface area (Å²) in [6.07, 6.45) is 1.17. The highest BCUT2D eigenvalue weighted by Crippen LogP contribution is 2.00. The normalized spacial score (nSPS) is 13.9. The molecule has 0 saturated heterocycles. The average Bonchev–Trinajstić information content (AvgIpc) is 2.03. The van der Waals surface area contributed by atoms with E-state index in [4.69, 9.17) is 11.5 Å². The van der Waals surface area contributed by atoms with E-state index in [1.54, 1.807) is 0 Å². The maximum absolute atomic E-state index is 5.47. The number of hydrogen-bond acceptors (Lipinski definition) is 3. The molecule has 0 fully saturated rings. The Morgan fingerprint density at radius 2 is 1.64 bits per heavy atom. The molecule has 0 aliphatic rings. The number of nitrogens with two attached hydrogens (primary N) is 2. The van der Waals surface area contributed by atoms with Crippen molar-refractivity contribution in [1.82, 2.24) is 4.90 Å². The molecular weight excluding hydrogens is 138 g/mol. The first-order chi connectivity index (χ1) is 5.26. The summed E-state index contributed by atoms with van der Waals surface area (Å²) in [4.78, 5) is 2.33. The zero-order valence-corrected chi connectivity index (χ0v) is 7.71. The van der Waals surface area contributed by atoms with Crippen molar-refractivity contribution in [1.29, 1.82) is 0 Å². The van der Waals surface area contributed by atoms with Crippen LogP contribution >= 0.6 is 0 Å². The van der Waals surface area contributed by atoms with Crippen molar-refractivity contribution in [3.8, 4) is 0 Å². The lowest BCUT2D eigenvalue weighted by Crippen LogP contribution is -2.39.